The fraction of sp³-hybridized carbons (Fsp3) is 0.143. The molecule has 0 saturated carbocycles. The second kappa shape index (κ2) is 5.24. The number of nitrogens with one attached hydrogen (secondary N) is 1. The summed E-state index contributed by atoms with van der Waals surface area (Å²) in [5, 5.41) is 9.71. The summed E-state index contributed by atoms with van der Waals surface area (Å²) in [6.45, 7) is 0.562. The van der Waals surface area contributed by atoms with Crippen LogP contribution in [0.4, 0.5) is 0 Å². The van der Waals surface area contributed by atoms with E-state index >= 15 is 0 Å². The van der Waals surface area contributed by atoms with Gasteiger partial charge in [0.2, 0.25) is 5.91 Å². The van der Waals surface area contributed by atoms with Crippen LogP contribution in [0.2, 0.25) is 0 Å². The number of hydrogen-bond acceptors (Lipinski definition) is 4. The number of rotatable bonds is 4. The number of aromatic nitrogens is 1. The van der Waals surface area contributed by atoms with Gasteiger partial charge in [0, 0.05) is 10.3 Å². The lowest BCUT2D eigenvalue weighted by Crippen LogP contribution is -2.24. The van der Waals surface area contributed by atoms with Gasteiger partial charge in [-0.1, -0.05) is 23.4 Å². The molecule has 1 amide bonds. The Bertz CT molecular complexity index is 688. The van der Waals surface area contributed by atoms with E-state index in [1.807, 2.05) is 41.8 Å². The van der Waals surface area contributed by atoms with Gasteiger partial charge in [-0.2, -0.15) is 0 Å². The van der Waals surface area contributed by atoms with E-state index in [-0.39, 0.29) is 12.3 Å². The fourth-order valence-corrected chi connectivity index (χ4v) is 2.52. The van der Waals surface area contributed by atoms with E-state index in [1.165, 1.54) is 0 Å². The Morgan fingerprint density at radius 1 is 1.26 bits per heavy atom. The summed E-state index contributed by atoms with van der Waals surface area (Å²) in [6, 6.07) is 11.5. The maximum Gasteiger partial charge on any atom is 0.226 e. The first-order chi connectivity index (χ1) is 9.33. The zero-order valence-electron chi connectivity index (χ0n) is 10.1. The minimum atomic E-state index is -0.0487. The average molecular weight is 272 g/mol. The molecule has 5 heteroatoms. The van der Waals surface area contributed by atoms with Crippen molar-refractivity contribution in [2.24, 2.45) is 0 Å². The summed E-state index contributed by atoms with van der Waals surface area (Å²) in [6.07, 6.45) is 0.238. The highest BCUT2D eigenvalue weighted by molar-refractivity contribution is 7.09. The van der Waals surface area contributed by atoms with Crippen molar-refractivity contribution in [3.8, 4) is 0 Å². The number of nitrogens with zero attached hydrogens (tertiary/aromatic N) is 1. The molecular formula is C14H12N2O2S. The predicted molar refractivity (Wildman–Crippen MR) is 73.9 cm³/mol. The molecule has 3 rings (SSSR count). The van der Waals surface area contributed by atoms with Gasteiger partial charge in [0.1, 0.15) is 5.69 Å². The molecule has 4 nitrogen and oxygen atoms in total. The van der Waals surface area contributed by atoms with E-state index in [4.69, 9.17) is 4.52 Å². The first kappa shape index (κ1) is 11.9. The fourth-order valence-electron chi connectivity index (χ4n) is 1.88. The van der Waals surface area contributed by atoms with Crippen LogP contribution in [0.25, 0.3) is 11.0 Å². The molecule has 0 spiro atoms. The van der Waals surface area contributed by atoms with Crippen molar-refractivity contribution in [3.05, 3.63) is 52.3 Å². The van der Waals surface area contributed by atoms with Crippen molar-refractivity contribution in [2.45, 2.75) is 13.0 Å². The van der Waals surface area contributed by atoms with E-state index in [0.29, 0.717) is 17.8 Å². The lowest BCUT2D eigenvalue weighted by Gasteiger charge is -2.01. The molecule has 0 atom stereocenters. The number of thiophene rings is 1. The molecule has 1 N–H and O–H groups in total. The molecule has 0 aliphatic carbocycles. The standard InChI is InChI=1S/C14H12N2O2S/c17-14(15-9-10-4-3-7-19-10)8-12-11-5-1-2-6-13(11)18-16-12/h1-7H,8-9H2,(H,15,17). The zero-order chi connectivity index (χ0) is 13.1. The van der Waals surface area contributed by atoms with Crippen LogP contribution in [0.1, 0.15) is 10.6 Å². The van der Waals surface area contributed by atoms with E-state index in [2.05, 4.69) is 10.5 Å². The van der Waals surface area contributed by atoms with Gasteiger partial charge in [-0.15, -0.1) is 11.3 Å². The van der Waals surface area contributed by atoms with Crippen LogP contribution in [0.5, 0.6) is 0 Å². The molecule has 0 saturated heterocycles. The smallest absolute Gasteiger partial charge is 0.226 e. The third-order valence-electron chi connectivity index (χ3n) is 2.82. The lowest BCUT2D eigenvalue weighted by atomic mass is 10.1. The Hall–Kier alpha value is -2.14. The summed E-state index contributed by atoms with van der Waals surface area (Å²) in [4.78, 5) is 13.0. The topological polar surface area (TPSA) is 55.1 Å². The van der Waals surface area contributed by atoms with Gasteiger partial charge in [0.15, 0.2) is 5.58 Å². The highest BCUT2D eigenvalue weighted by Crippen LogP contribution is 2.18. The SMILES string of the molecule is O=C(Cc1noc2ccccc12)NCc1cccs1. The maximum atomic E-state index is 11.9. The van der Waals surface area contributed by atoms with Crippen molar-refractivity contribution >= 4 is 28.2 Å². The number of fused-ring (bicyclic) bond motifs is 1. The second-order valence-corrected chi connectivity index (χ2v) is 5.19. The van der Waals surface area contributed by atoms with Crippen LogP contribution >= 0.6 is 11.3 Å². The molecule has 96 valence electrons. The molecule has 3 aromatic rings. The first-order valence-corrected chi connectivity index (χ1v) is 6.83. The maximum absolute atomic E-state index is 11.9. The summed E-state index contributed by atoms with van der Waals surface area (Å²) in [7, 11) is 0. The van der Waals surface area contributed by atoms with Crippen LogP contribution in [-0.4, -0.2) is 11.1 Å². The van der Waals surface area contributed by atoms with Gasteiger partial charge in [0.05, 0.1) is 13.0 Å². The molecule has 0 fully saturated rings. The van der Waals surface area contributed by atoms with Gasteiger partial charge < -0.3 is 9.84 Å². The Kier molecular flexibility index (Phi) is 3.29. The molecule has 0 aliphatic heterocycles. The molecule has 0 radical (unpaired) electrons. The summed E-state index contributed by atoms with van der Waals surface area (Å²) in [5.74, 6) is -0.0487. The van der Waals surface area contributed by atoms with Crippen molar-refractivity contribution in [3.63, 3.8) is 0 Å². The molecule has 1 aromatic carbocycles. The third kappa shape index (κ3) is 2.66. The van der Waals surface area contributed by atoms with Gasteiger partial charge in [-0.3, -0.25) is 4.79 Å². The van der Waals surface area contributed by atoms with Gasteiger partial charge in [-0.05, 0) is 23.6 Å². The van der Waals surface area contributed by atoms with Crippen molar-refractivity contribution in [2.75, 3.05) is 0 Å². The Morgan fingerprint density at radius 3 is 3.00 bits per heavy atom. The minimum Gasteiger partial charge on any atom is -0.356 e. The number of carbonyl (C=O) groups is 1. The molecule has 19 heavy (non-hydrogen) atoms. The zero-order valence-corrected chi connectivity index (χ0v) is 10.9. The third-order valence-corrected chi connectivity index (χ3v) is 3.70. The Morgan fingerprint density at radius 2 is 2.16 bits per heavy atom. The quantitative estimate of drug-likeness (QED) is 0.794. The van der Waals surface area contributed by atoms with E-state index in [9.17, 15) is 4.79 Å². The van der Waals surface area contributed by atoms with Crippen molar-refractivity contribution in [1.82, 2.24) is 10.5 Å². The Labute approximate surface area is 114 Å². The molecule has 2 aromatic heterocycles. The van der Waals surface area contributed by atoms with E-state index in [1.54, 1.807) is 11.3 Å². The van der Waals surface area contributed by atoms with Gasteiger partial charge >= 0.3 is 0 Å². The highest BCUT2D eigenvalue weighted by Gasteiger charge is 2.11. The van der Waals surface area contributed by atoms with Crippen LogP contribution in [0.3, 0.4) is 0 Å². The summed E-state index contributed by atoms with van der Waals surface area (Å²) < 4.78 is 5.17. The number of carbonyl (C=O) groups excluding carboxylic acids is 1. The number of amides is 1. The van der Waals surface area contributed by atoms with E-state index in [0.717, 1.165) is 10.3 Å². The van der Waals surface area contributed by atoms with E-state index < -0.39 is 0 Å². The van der Waals surface area contributed by atoms with Crippen LogP contribution < -0.4 is 5.32 Å². The van der Waals surface area contributed by atoms with Crippen LogP contribution in [0, 0.1) is 0 Å². The van der Waals surface area contributed by atoms with Crippen LogP contribution in [0.15, 0.2) is 46.3 Å². The Balaban J connectivity index is 1.66. The second-order valence-electron chi connectivity index (χ2n) is 4.16. The highest BCUT2D eigenvalue weighted by atomic mass is 32.1. The van der Waals surface area contributed by atoms with Crippen molar-refractivity contribution in [1.29, 1.82) is 0 Å². The monoisotopic (exact) mass is 272 g/mol. The lowest BCUT2D eigenvalue weighted by molar-refractivity contribution is -0.120. The number of para-hydroxylation sites is 1. The molecule has 2 heterocycles. The van der Waals surface area contributed by atoms with Gasteiger partial charge in [-0.25, -0.2) is 0 Å². The summed E-state index contributed by atoms with van der Waals surface area (Å²) in [5.41, 5.74) is 1.39. The molecule has 0 bridgehead atoms. The average Bonchev–Trinajstić information content (AvgIpc) is 3.07. The van der Waals surface area contributed by atoms with Crippen LogP contribution in [-0.2, 0) is 17.8 Å². The first-order valence-electron chi connectivity index (χ1n) is 5.95. The predicted octanol–water partition coefficient (Wildman–Crippen LogP) is 2.75. The molecular weight excluding hydrogens is 260 g/mol. The molecule has 0 unspecified atom stereocenters. The normalized spacial score (nSPS) is 10.7. The van der Waals surface area contributed by atoms with Crippen molar-refractivity contribution < 1.29 is 9.32 Å². The van der Waals surface area contributed by atoms with Gasteiger partial charge in [0.25, 0.3) is 0 Å². The summed E-state index contributed by atoms with van der Waals surface area (Å²) >= 11 is 1.63. The number of hydrogen-bond donors (Lipinski definition) is 1. The minimum absolute atomic E-state index is 0.0487. The largest absolute Gasteiger partial charge is 0.356 e. The molecule has 0 aliphatic rings. The number of benzene rings is 1.